The van der Waals surface area contributed by atoms with Crippen molar-refractivity contribution >= 4 is 21.6 Å². The van der Waals surface area contributed by atoms with E-state index >= 15 is 0 Å². The molecule has 0 N–H and O–H groups in total. The SMILES string of the molecule is CCC(C(=O)N1CCOCC1)N(c1ccc(C)c(C)c1)S(C)(=O)=O. The average Bonchev–Trinajstić information content (AvgIpc) is 2.54. The van der Waals surface area contributed by atoms with Gasteiger partial charge in [0.1, 0.15) is 6.04 Å². The van der Waals surface area contributed by atoms with Crippen LogP contribution in [0.2, 0.25) is 0 Å². The van der Waals surface area contributed by atoms with Crippen molar-refractivity contribution in [1.29, 1.82) is 0 Å². The predicted molar refractivity (Wildman–Crippen MR) is 94.7 cm³/mol. The fourth-order valence-corrected chi connectivity index (χ4v) is 4.10. The largest absolute Gasteiger partial charge is 0.378 e. The van der Waals surface area contributed by atoms with Crippen LogP contribution in [-0.4, -0.2) is 57.8 Å². The minimum Gasteiger partial charge on any atom is -0.378 e. The standard InChI is InChI=1S/C17H26N2O4S/c1-5-16(17(20)18-8-10-23-11-9-18)19(24(4,21)22)15-7-6-13(2)14(3)12-15/h6-7,12,16H,5,8-11H2,1-4H3. The van der Waals surface area contributed by atoms with Crippen LogP contribution >= 0.6 is 0 Å². The minimum atomic E-state index is -3.59. The molecule has 0 saturated carbocycles. The van der Waals surface area contributed by atoms with Crippen molar-refractivity contribution in [2.75, 3.05) is 36.9 Å². The zero-order valence-electron chi connectivity index (χ0n) is 14.8. The topological polar surface area (TPSA) is 66.9 Å². The number of benzene rings is 1. The van der Waals surface area contributed by atoms with E-state index in [9.17, 15) is 13.2 Å². The van der Waals surface area contributed by atoms with Crippen LogP contribution < -0.4 is 4.31 Å². The summed E-state index contributed by atoms with van der Waals surface area (Å²) >= 11 is 0. The van der Waals surface area contributed by atoms with Gasteiger partial charge in [0.25, 0.3) is 0 Å². The third-order valence-corrected chi connectivity index (χ3v) is 5.56. The average molecular weight is 354 g/mol. The van der Waals surface area contributed by atoms with Gasteiger partial charge in [-0.2, -0.15) is 0 Å². The molecule has 1 saturated heterocycles. The Bertz CT molecular complexity index is 697. The first kappa shape index (κ1) is 18.7. The molecule has 0 radical (unpaired) electrons. The highest BCUT2D eigenvalue weighted by Gasteiger charge is 2.34. The number of aryl methyl sites for hydroxylation is 2. The van der Waals surface area contributed by atoms with Gasteiger partial charge in [0, 0.05) is 13.1 Å². The minimum absolute atomic E-state index is 0.163. The number of carbonyl (C=O) groups excluding carboxylic acids is 1. The molecule has 7 heteroatoms. The number of anilines is 1. The van der Waals surface area contributed by atoms with Crippen molar-refractivity contribution in [1.82, 2.24) is 4.90 Å². The van der Waals surface area contributed by atoms with Crippen LogP contribution in [0, 0.1) is 13.8 Å². The van der Waals surface area contributed by atoms with E-state index in [1.807, 2.05) is 32.9 Å². The Morgan fingerprint density at radius 3 is 2.38 bits per heavy atom. The van der Waals surface area contributed by atoms with E-state index in [0.717, 1.165) is 17.4 Å². The molecule has 134 valence electrons. The summed E-state index contributed by atoms with van der Waals surface area (Å²) in [7, 11) is -3.59. The molecule has 1 heterocycles. The second-order valence-electron chi connectivity index (χ2n) is 6.19. The number of ether oxygens (including phenoxy) is 1. The molecule has 0 bridgehead atoms. The summed E-state index contributed by atoms with van der Waals surface area (Å²) in [6.07, 6.45) is 1.56. The molecule has 6 nitrogen and oxygen atoms in total. The molecular formula is C17H26N2O4S. The number of hydrogen-bond acceptors (Lipinski definition) is 4. The third kappa shape index (κ3) is 4.08. The van der Waals surface area contributed by atoms with Gasteiger partial charge in [-0.05, 0) is 43.5 Å². The summed E-state index contributed by atoms with van der Waals surface area (Å²) in [6, 6.07) is 4.74. The number of amides is 1. The third-order valence-electron chi connectivity index (χ3n) is 4.38. The van der Waals surface area contributed by atoms with Gasteiger partial charge in [-0.25, -0.2) is 8.42 Å². The van der Waals surface area contributed by atoms with Gasteiger partial charge in [0.2, 0.25) is 15.9 Å². The van der Waals surface area contributed by atoms with Gasteiger partial charge in [-0.15, -0.1) is 0 Å². The van der Waals surface area contributed by atoms with Crippen LogP contribution in [0.25, 0.3) is 0 Å². The van der Waals surface area contributed by atoms with Gasteiger partial charge < -0.3 is 9.64 Å². The number of hydrogen-bond donors (Lipinski definition) is 0. The molecule has 0 aromatic heterocycles. The van der Waals surface area contributed by atoms with Crippen molar-refractivity contribution < 1.29 is 17.9 Å². The second kappa shape index (κ2) is 7.53. The number of morpholine rings is 1. The lowest BCUT2D eigenvalue weighted by atomic mass is 10.1. The Labute approximate surface area is 144 Å². The van der Waals surface area contributed by atoms with Crippen LogP contribution in [0.1, 0.15) is 24.5 Å². The number of carbonyl (C=O) groups is 1. The van der Waals surface area contributed by atoms with Gasteiger partial charge in [-0.1, -0.05) is 13.0 Å². The summed E-state index contributed by atoms with van der Waals surface area (Å²) in [4.78, 5) is 14.6. The van der Waals surface area contributed by atoms with Gasteiger partial charge in [0.15, 0.2) is 0 Å². The lowest BCUT2D eigenvalue weighted by Gasteiger charge is -2.35. The van der Waals surface area contributed by atoms with Crippen molar-refractivity contribution in [2.45, 2.75) is 33.2 Å². The molecule has 0 spiro atoms. The smallest absolute Gasteiger partial charge is 0.246 e. The Hall–Kier alpha value is -1.60. The molecule has 1 amide bonds. The molecule has 1 aliphatic rings. The molecule has 1 atom stereocenters. The van der Waals surface area contributed by atoms with Crippen molar-refractivity contribution in [3.8, 4) is 0 Å². The van der Waals surface area contributed by atoms with E-state index in [1.54, 1.807) is 11.0 Å². The Morgan fingerprint density at radius 1 is 1.25 bits per heavy atom. The predicted octanol–water partition coefficient (Wildman–Crippen LogP) is 1.71. The van der Waals surface area contributed by atoms with E-state index in [4.69, 9.17) is 4.74 Å². The Morgan fingerprint density at radius 2 is 1.88 bits per heavy atom. The zero-order valence-corrected chi connectivity index (χ0v) is 15.6. The lowest BCUT2D eigenvalue weighted by molar-refractivity contribution is -0.136. The van der Waals surface area contributed by atoms with Crippen LogP contribution in [0.5, 0.6) is 0 Å². The van der Waals surface area contributed by atoms with Crippen LogP contribution in [0.4, 0.5) is 5.69 Å². The van der Waals surface area contributed by atoms with Crippen LogP contribution in [0.3, 0.4) is 0 Å². The Kier molecular flexibility index (Phi) is 5.87. The molecule has 1 fully saturated rings. The van der Waals surface area contributed by atoms with E-state index < -0.39 is 16.1 Å². The summed E-state index contributed by atoms with van der Waals surface area (Å²) in [5, 5.41) is 0. The van der Waals surface area contributed by atoms with Gasteiger partial charge in [0.05, 0.1) is 25.2 Å². The highest BCUT2D eigenvalue weighted by molar-refractivity contribution is 7.92. The molecule has 1 aromatic carbocycles. The first-order valence-electron chi connectivity index (χ1n) is 8.19. The first-order valence-corrected chi connectivity index (χ1v) is 10.0. The van der Waals surface area contributed by atoms with E-state index in [-0.39, 0.29) is 5.91 Å². The number of sulfonamides is 1. The van der Waals surface area contributed by atoms with E-state index in [1.165, 1.54) is 4.31 Å². The van der Waals surface area contributed by atoms with Crippen LogP contribution in [0.15, 0.2) is 18.2 Å². The first-order chi connectivity index (χ1) is 11.3. The fourth-order valence-electron chi connectivity index (χ4n) is 2.90. The molecule has 1 unspecified atom stereocenters. The summed E-state index contributed by atoms with van der Waals surface area (Å²) < 4.78 is 31.4. The number of nitrogens with zero attached hydrogens (tertiary/aromatic N) is 2. The normalized spacial score (nSPS) is 16.8. The summed E-state index contributed by atoms with van der Waals surface area (Å²) in [5.74, 6) is -0.163. The molecule has 24 heavy (non-hydrogen) atoms. The van der Waals surface area contributed by atoms with E-state index in [0.29, 0.717) is 38.4 Å². The highest BCUT2D eigenvalue weighted by atomic mass is 32.2. The zero-order chi connectivity index (χ0) is 17.9. The second-order valence-corrected chi connectivity index (χ2v) is 8.05. The maximum Gasteiger partial charge on any atom is 0.246 e. The van der Waals surface area contributed by atoms with Crippen molar-refractivity contribution in [3.05, 3.63) is 29.3 Å². The molecular weight excluding hydrogens is 328 g/mol. The molecule has 1 aromatic rings. The van der Waals surface area contributed by atoms with Crippen LogP contribution in [-0.2, 0) is 19.6 Å². The maximum absolute atomic E-state index is 12.9. The van der Waals surface area contributed by atoms with Crippen molar-refractivity contribution in [3.63, 3.8) is 0 Å². The lowest BCUT2D eigenvalue weighted by Crippen LogP contribution is -2.53. The Balaban J connectivity index is 2.41. The van der Waals surface area contributed by atoms with E-state index in [2.05, 4.69) is 0 Å². The fraction of sp³-hybridized carbons (Fsp3) is 0.588. The summed E-state index contributed by atoms with van der Waals surface area (Å²) in [6.45, 7) is 7.72. The quantitative estimate of drug-likeness (QED) is 0.807. The number of rotatable bonds is 5. The molecule has 0 aliphatic carbocycles. The molecule has 1 aliphatic heterocycles. The van der Waals surface area contributed by atoms with Crippen molar-refractivity contribution in [2.24, 2.45) is 0 Å². The monoisotopic (exact) mass is 354 g/mol. The summed E-state index contributed by atoms with van der Waals surface area (Å²) in [5.41, 5.74) is 2.61. The van der Waals surface area contributed by atoms with Gasteiger partial charge in [-0.3, -0.25) is 9.10 Å². The van der Waals surface area contributed by atoms with Gasteiger partial charge >= 0.3 is 0 Å². The highest BCUT2D eigenvalue weighted by Crippen LogP contribution is 2.26. The maximum atomic E-state index is 12.9. The molecule has 2 rings (SSSR count).